The summed E-state index contributed by atoms with van der Waals surface area (Å²) >= 11 is 0. The van der Waals surface area contributed by atoms with E-state index in [4.69, 9.17) is 0 Å². The van der Waals surface area contributed by atoms with E-state index in [0.717, 1.165) is 36.3 Å². The highest BCUT2D eigenvalue weighted by Crippen LogP contribution is 2.30. The molecular formula is C19H23N3O. The van der Waals surface area contributed by atoms with E-state index >= 15 is 0 Å². The summed E-state index contributed by atoms with van der Waals surface area (Å²) in [5, 5.41) is 3.47. The molecule has 4 nitrogen and oxygen atoms in total. The van der Waals surface area contributed by atoms with E-state index in [1.807, 2.05) is 29.2 Å². The maximum Gasteiger partial charge on any atom is 0.254 e. The van der Waals surface area contributed by atoms with Gasteiger partial charge < -0.3 is 10.2 Å². The summed E-state index contributed by atoms with van der Waals surface area (Å²) in [4.78, 5) is 18.9. The van der Waals surface area contributed by atoms with E-state index in [1.54, 1.807) is 6.20 Å². The van der Waals surface area contributed by atoms with Crippen LogP contribution in [0.5, 0.6) is 0 Å². The molecule has 23 heavy (non-hydrogen) atoms. The maximum absolute atomic E-state index is 12.5. The third-order valence-electron chi connectivity index (χ3n) is 4.36. The van der Waals surface area contributed by atoms with Crippen LogP contribution in [-0.4, -0.2) is 22.3 Å². The third-order valence-corrected chi connectivity index (χ3v) is 4.36. The molecule has 1 aromatic heterocycles. The molecule has 0 radical (unpaired) electrons. The monoisotopic (exact) mass is 309 g/mol. The Morgan fingerprint density at radius 3 is 2.78 bits per heavy atom. The Hall–Kier alpha value is -2.36. The highest BCUT2D eigenvalue weighted by atomic mass is 16.2. The molecule has 0 spiro atoms. The van der Waals surface area contributed by atoms with E-state index < -0.39 is 0 Å². The van der Waals surface area contributed by atoms with Gasteiger partial charge in [0.2, 0.25) is 0 Å². The number of benzene rings is 1. The second-order valence-electron chi connectivity index (χ2n) is 6.04. The smallest absolute Gasteiger partial charge is 0.254 e. The van der Waals surface area contributed by atoms with Gasteiger partial charge in [0.15, 0.2) is 0 Å². The normalized spacial score (nSPS) is 14.7. The lowest BCUT2D eigenvalue weighted by atomic mass is 10.1. The van der Waals surface area contributed by atoms with Crippen molar-refractivity contribution in [1.29, 1.82) is 0 Å². The predicted molar refractivity (Wildman–Crippen MR) is 92.4 cm³/mol. The van der Waals surface area contributed by atoms with Crippen molar-refractivity contribution in [3.05, 3.63) is 59.3 Å². The molecule has 0 saturated carbocycles. The standard InChI is InChI=1S/C19H23N3O/c1-3-4-12-22-13-17-16(19(22)23)10-11-20-18(17)21-14(2)15-8-6-5-7-9-15/h5-11,14H,3-4,12-13H2,1-2H3,(H,20,21). The van der Waals surface area contributed by atoms with Gasteiger partial charge in [0.1, 0.15) is 5.82 Å². The summed E-state index contributed by atoms with van der Waals surface area (Å²) in [5.74, 6) is 0.956. The molecule has 1 aromatic carbocycles. The Labute approximate surface area is 137 Å². The molecule has 1 aliphatic rings. The van der Waals surface area contributed by atoms with E-state index in [2.05, 4.69) is 36.3 Å². The highest BCUT2D eigenvalue weighted by molar-refractivity contribution is 5.99. The molecule has 1 atom stereocenters. The molecule has 1 amide bonds. The number of carbonyl (C=O) groups is 1. The van der Waals surface area contributed by atoms with E-state index in [0.29, 0.717) is 6.54 Å². The van der Waals surface area contributed by atoms with Crippen LogP contribution in [0.1, 0.15) is 54.2 Å². The first-order valence-corrected chi connectivity index (χ1v) is 8.29. The minimum absolute atomic E-state index is 0.131. The van der Waals surface area contributed by atoms with Crippen LogP contribution in [0.2, 0.25) is 0 Å². The first kappa shape index (κ1) is 15.5. The molecule has 0 aliphatic carbocycles. The van der Waals surface area contributed by atoms with Crippen LogP contribution in [0.3, 0.4) is 0 Å². The molecule has 2 aromatic rings. The lowest BCUT2D eigenvalue weighted by molar-refractivity contribution is 0.0776. The minimum Gasteiger partial charge on any atom is -0.363 e. The van der Waals surface area contributed by atoms with Crippen molar-refractivity contribution in [2.24, 2.45) is 0 Å². The molecule has 2 heterocycles. The number of amides is 1. The van der Waals surface area contributed by atoms with Crippen molar-refractivity contribution in [2.45, 2.75) is 39.3 Å². The third kappa shape index (κ3) is 3.21. The number of anilines is 1. The Kier molecular flexibility index (Phi) is 4.60. The number of rotatable bonds is 6. The molecule has 1 aliphatic heterocycles. The molecule has 1 unspecified atom stereocenters. The second-order valence-corrected chi connectivity index (χ2v) is 6.04. The van der Waals surface area contributed by atoms with Crippen LogP contribution in [0.4, 0.5) is 5.82 Å². The van der Waals surface area contributed by atoms with Crippen LogP contribution in [-0.2, 0) is 6.54 Å². The molecular weight excluding hydrogens is 286 g/mol. The number of nitrogens with one attached hydrogen (secondary N) is 1. The Morgan fingerprint density at radius 1 is 1.26 bits per heavy atom. The first-order valence-electron chi connectivity index (χ1n) is 8.29. The summed E-state index contributed by atoms with van der Waals surface area (Å²) in [7, 11) is 0. The number of hydrogen-bond donors (Lipinski definition) is 1. The van der Waals surface area contributed by atoms with Crippen LogP contribution in [0.15, 0.2) is 42.6 Å². The van der Waals surface area contributed by atoms with Crippen molar-refractivity contribution in [3.63, 3.8) is 0 Å². The predicted octanol–water partition coefficient (Wildman–Crippen LogP) is 4.01. The van der Waals surface area contributed by atoms with Crippen LogP contribution in [0, 0.1) is 0 Å². The number of carbonyl (C=O) groups excluding carboxylic acids is 1. The van der Waals surface area contributed by atoms with Crippen molar-refractivity contribution >= 4 is 11.7 Å². The van der Waals surface area contributed by atoms with Gasteiger partial charge in [0.25, 0.3) is 5.91 Å². The highest BCUT2D eigenvalue weighted by Gasteiger charge is 2.29. The van der Waals surface area contributed by atoms with Crippen molar-refractivity contribution < 1.29 is 4.79 Å². The lowest BCUT2D eigenvalue weighted by Crippen LogP contribution is -2.24. The molecule has 3 rings (SSSR count). The van der Waals surface area contributed by atoms with Gasteiger partial charge in [0.05, 0.1) is 6.54 Å². The first-order chi connectivity index (χ1) is 11.2. The Morgan fingerprint density at radius 2 is 2.04 bits per heavy atom. The molecule has 0 saturated heterocycles. The van der Waals surface area contributed by atoms with E-state index in [-0.39, 0.29) is 11.9 Å². The zero-order valence-corrected chi connectivity index (χ0v) is 13.7. The Bertz CT molecular complexity index is 684. The lowest BCUT2D eigenvalue weighted by Gasteiger charge is -2.17. The van der Waals surface area contributed by atoms with Crippen LogP contribution >= 0.6 is 0 Å². The molecule has 0 fully saturated rings. The van der Waals surface area contributed by atoms with Gasteiger partial charge in [-0.15, -0.1) is 0 Å². The van der Waals surface area contributed by atoms with Gasteiger partial charge >= 0.3 is 0 Å². The Balaban J connectivity index is 1.80. The maximum atomic E-state index is 12.5. The van der Waals surface area contributed by atoms with Gasteiger partial charge in [0, 0.05) is 29.9 Å². The van der Waals surface area contributed by atoms with Crippen molar-refractivity contribution in [1.82, 2.24) is 9.88 Å². The van der Waals surface area contributed by atoms with Gasteiger partial charge in [-0.1, -0.05) is 43.7 Å². The number of nitrogens with zero attached hydrogens (tertiary/aromatic N) is 2. The second kappa shape index (κ2) is 6.82. The number of pyridine rings is 1. The van der Waals surface area contributed by atoms with Crippen LogP contribution in [0.25, 0.3) is 0 Å². The summed E-state index contributed by atoms with van der Waals surface area (Å²) in [5.41, 5.74) is 3.02. The molecule has 1 N–H and O–H groups in total. The summed E-state index contributed by atoms with van der Waals surface area (Å²) in [6.45, 7) is 5.73. The molecule has 4 heteroatoms. The fourth-order valence-corrected chi connectivity index (χ4v) is 2.97. The van der Waals surface area contributed by atoms with Gasteiger partial charge in [-0.05, 0) is 25.0 Å². The number of unbranched alkanes of at least 4 members (excludes halogenated alkanes) is 1. The number of fused-ring (bicyclic) bond motifs is 1. The van der Waals surface area contributed by atoms with Gasteiger partial charge in [-0.3, -0.25) is 4.79 Å². The van der Waals surface area contributed by atoms with Crippen LogP contribution < -0.4 is 5.32 Å². The molecule has 0 bridgehead atoms. The largest absolute Gasteiger partial charge is 0.363 e. The number of aromatic nitrogens is 1. The SMILES string of the molecule is CCCCN1Cc2c(ccnc2NC(C)c2ccccc2)C1=O. The topological polar surface area (TPSA) is 45.2 Å². The zero-order chi connectivity index (χ0) is 16.2. The summed E-state index contributed by atoms with van der Waals surface area (Å²) < 4.78 is 0. The van der Waals surface area contributed by atoms with Gasteiger partial charge in [-0.2, -0.15) is 0 Å². The van der Waals surface area contributed by atoms with Crippen molar-refractivity contribution in [2.75, 3.05) is 11.9 Å². The fourth-order valence-electron chi connectivity index (χ4n) is 2.97. The van der Waals surface area contributed by atoms with E-state index in [1.165, 1.54) is 5.56 Å². The number of hydrogen-bond acceptors (Lipinski definition) is 3. The minimum atomic E-state index is 0.131. The average Bonchev–Trinajstić information content (AvgIpc) is 2.91. The van der Waals surface area contributed by atoms with E-state index in [9.17, 15) is 4.79 Å². The fraction of sp³-hybridized carbons (Fsp3) is 0.368. The quantitative estimate of drug-likeness (QED) is 0.877. The summed E-state index contributed by atoms with van der Waals surface area (Å²) in [6, 6.07) is 12.3. The summed E-state index contributed by atoms with van der Waals surface area (Å²) in [6.07, 6.45) is 3.85. The average molecular weight is 309 g/mol. The zero-order valence-electron chi connectivity index (χ0n) is 13.7. The molecule has 120 valence electrons. The van der Waals surface area contributed by atoms with Crippen molar-refractivity contribution in [3.8, 4) is 0 Å². The van der Waals surface area contributed by atoms with Gasteiger partial charge in [-0.25, -0.2) is 4.98 Å².